The molecule has 0 fully saturated rings. The number of rotatable bonds is 4. The molecule has 0 aliphatic carbocycles. The molecule has 1 aromatic heterocycles. The highest BCUT2D eigenvalue weighted by Crippen LogP contribution is 2.35. The van der Waals surface area contributed by atoms with Crippen molar-refractivity contribution in [2.45, 2.75) is 19.9 Å². The Labute approximate surface area is 154 Å². The second-order valence-electron chi connectivity index (χ2n) is 5.87. The van der Waals surface area contributed by atoms with Crippen LogP contribution < -0.4 is 10.6 Å². The van der Waals surface area contributed by atoms with Gasteiger partial charge in [0.1, 0.15) is 4.88 Å². The number of hydrogen-bond acceptors (Lipinski definition) is 3. The van der Waals surface area contributed by atoms with Crippen molar-refractivity contribution in [3.05, 3.63) is 64.0 Å². The average molecular weight is 373 g/mol. The molecule has 1 heterocycles. The van der Waals surface area contributed by atoms with Crippen LogP contribution in [0.25, 0.3) is 10.1 Å². The molecule has 0 spiro atoms. The summed E-state index contributed by atoms with van der Waals surface area (Å²) in [5, 5.41) is 6.93. The molecule has 0 saturated heterocycles. The van der Waals surface area contributed by atoms with Crippen molar-refractivity contribution >= 4 is 50.5 Å². The quantitative estimate of drug-likeness (QED) is 0.681. The molecule has 25 heavy (non-hydrogen) atoms. The molecule has 0 aliphatic rings. The highest BCUT2D eigenvalue weighted by atomic mass is 35.5. The first-order valence-corrected chi connectivity index (χ1v) is 9.05. The number of amides is 2. The molecule has 0 saturated carbocycles. The average Bonchev–Trinajstić information content (AvgIpc) is 2.92. The van der Waals surface area contributed by atoms with Gasteiger partial charge in [0.2, 0.25) is 0 Å². The van der Waals surface area contributed by atoms with Crippen molar-refractivity contribution < 1.29 is 9.59 Å². The van der Waals surface area contributed by atoms with E-state index in [1.54, 1.807) is 24.3 Å². The van der Waals surface area contributed by atoms with Crippen LogP contribution in [-0.4, -0.2) is 17.9 Å². The Kier molecular flexibility index (Phi) is 5.06. The van der Waals surface area contributed by atoms with E-state index in [0.29, 0.717) is 21.2 Å². The number of anilines is 1. The van der Waals surface area contributed by atoms with Crippen molar-refractivity contribution in [3.8, 4) is 0 Å². The molecule has 2 N–H and O–H groups in total. The highest BCUT2D eigenvalue weighted by Gasteiger charge is 2.19. The second-order valence-corrected chi connectivity index (χ2v) is 7.30. The van der Waals surface area contributed by atoms with Crippen LogP contribution >= 0.6 is 22.9 Å². The maximum atomic E-state index is 12.7. The van der Waals surface area contributed by atoms with Gasteiger partial charge >= 0.3 is 0 Å². The molecule has 6 heteroatoms. The number of hydrogen-bond donors (Lipinski definition) is 2. The van der Waals surface area contributed by atoms with Crippen molar-refractivity contribution in [2.24, 2.45) is 0 Å². The third-order valence-electron chi connectivity index (χ3n) is 3.58. The fourth-order valence-corrected chi connectivity index (χ4v) is 3.88. The first-order valence-electron chi connectivity index (χ1n) is 7.85. The summed E-state index contributed by atoms with van der Waals surface area (Å²) in [5.74, 6) is -0.552. The molecule has 0 aliphatic heterocycles. The minimum atomic E-state index is -0.323. The zero-order valence-electron chi connectivity index (χ0n) is 13.8. The lowest BCUT2D eigenvalue weighted by Gasteiger charge is -2.12. The molecule has 4 nitrogen and oxygen atoms in total. The molecular weight excluding hydrogens is 356 g/mol. The Hall–Kier alpha value is -2.37. The number of carbonyl (C=O) groups is 2. The van der Waals surface area contributed by atoms with Crippen LogP contribution in [-0.2, 0) is 0 Å². The first-order chi connectivity index (χ1) is 12.0. The Morgan fingerprint density at radius 1 is 1.00 bits per heavy atom. The van der Waals surface area contributed by atoms with E-state index < -0.39 is 0 Å². The van der Waals surface area contributed by atoms with E-state index in [1.165, 1.54) is 11.3 Å². The standard InChI is InChI=1S/C19H17ClN2O2S/c1-11(2)21-18(23)12-7-3-5-9-14(12)22-19(24)17-16(20)13-8-4-6-10-15(13)25-17/h3-11H,1-2H3,(H,21,23)(H,22,24). The summed E-state index contributed by atoms with van der Waals surface area (Å²) in [6.07, 6.45) is 0. The van der Waals surface area contributed by atoms with Gasteiger partial charge in [-0.25, -0.2) is 0 Å². The molecule has 0 radical (unpaired) electrons. The lowest BCUT2D eigenvalue weighted by Crippen LogP contribution is -2.31. The monoisotopic (exact) mass is 372 g/mol. The Bertz CT molecular complexity index is 950. The van der Waals surface area contributed by atoms with Crippen molar-refractivity contribution in [3.63, 3.8) is 0 Å². The molecule has 3 rings (SSSR count). The van der Waals surface area contributed by atoms with Gasteiger partial charge in [-0.1, -0.05) is 41.9 Å². The van der Waals surface area contributed by atoms with E-state index in [9.17, 15) is 9.59 Å². The van der Waals surface area contributed by atoms with Crippen LogP contribution in [0.4, 0.5) is 5.69 Å². The van der Waals surface area contributed by atoms with Gasteiger partial charge < -0.3 is 10.6 Å². The van der Waals surface area contributed by atoms with Crippen molar-refractivity contribution in [1.82, 2.24) is 5.32 Å². The summed E-state index contributed by atoms with van der Waals surface area (Å²) in [4.78, 5) is 25.4. The zero-order chi connectivity index (χ0) is 18.0. The largest absolute Gasteiger partial charge is 0.350 e. The smallest absolute Gasteiger partial charge is 0.267 e. The fourth-order valence-electron chi connectivity index (χ4n) is 2.47. The zero-order valence-corrected chi connectivity index (χ0v) is 15.4. The molecule has 0 atom stereocenters. The lowest BCUT2D eigenvalue weighted by atomic mass is 10.1. The summed E-state index contributed by atoms with van der Waals surface area (Å²) in [6.45, 7) is 3.77. The maximum Gasteiger partial charge on any atom is 0.267 e. The summed E-state index contributed by atoms with van der Waals surface area (Å²) < 4.78 is 0.948. The Balaban J connectivity index is 1.90. The summed E-state index contributed by atoms with van der Waals surface area (Å²) in [7, 11) is 0. The van der Waals surface area contributed by atoms with Crippen LogP contribution in [0.5, 0.6) is 0 Å². The summed E-state index contributed by atoms with van der Waals surface area (Å²) >= 11 is 7.69. The lowest BCUT2D eigenvalue weighted by molar-refractivity contribution is 0.0944. The maximum absolute atomic E-state index is 12.7. The van der Waals surface area contributed by atoms with Crippen LogP contribution in [0.2, 0.25) is 5.02 Å². The van der Waals surface area contributed by atoms with Gasteiger partial charge in [-0.05, 0) is 32.0 Å². The Morgan fingerprint density at radius 2 is 1.68 bits per heavy atom. The van der Waals surface area contributed by atoms with Gasteiger partial charge in [0.25, 0.3) is 11.8 Å². The van der Waals surface area contributed by atoms with Gasteiger partial charge in [-0.15, -0.1) is 11.3 Å². The number of thiophene rings is 1. The predicted octanol–water partition coefficient (Wildman–Crippen LogP) is 4.95. The number of halogens is 1. The van der Waals surface area contributed by atoms with E-state index >= 15 is 0 Å². The third kappa shape index (κ3) is 3.67. The molecule has 0 bridgehead atoms. The number of benzene rings is 2. The third-order valence-corrected chi connectivity index (χ3v) is 5.25. The number of carbonyl (C=O) groups excluding carboxylic acids is 2. The van der Waals surface area contributed by atoms with Gasteiger partial charge in [0.05, 0.1) is 16.3 Å². The number of fused-ring (bicyclic) bond motifs is 1. The van der Waals surface area contributed by atoms with Gasteiger partial charge in [-0.3, -0.25) is 9.59 Å². The molecule has 128 valence electrons. The fraction of sp³-hybridized carbons (Fsp3) is 0.158. The highest BCUT2D eigenvalue weighted by molar-refractivity contribution is 7.21. The van der Waals surface area contributed by atoms with Crippen LogP contribution in [0.1, 0.15) is 33.9 Å². The van der Waals surface area contributed by atoms with Crippen molar-refractivity contribution in [2.75, 3.05) is 5.32 Å². The molecule has 2 amide bonds. The molecule has 2 aromatic carbocycles. The first kappa shape index (κ1) is 17.5. The summed E-state index contributed by atoms with van der Waals surface area (Å²) in [6, 6.07) is 14.5. The minimum absolute atomic E-state index is 0.00768. The number of nitrogens with one attached hydrogen (secondary N) is 2. The normalized spacial score (nSPS) is 10.9. The van der Waals surface area contributed by atoms with Crippen molar-refractivity contribution in [1.29, 1.82) is 0 Å². The van der Waals surface area contributed by atoms with Gasteiger partial charge in [-0.2, -0.15) is 0 Å². The van der Waals surface area contributed by atoms with Crippen LogP contribution in [0, 0.1) is 0 Å². The minimum Gasteiger partial charge on any atom is -0.350 e. The van der Waals surface area contributed by atoms with E-state index in [2.05, 4.69) is 10.6 Å². The van der Waals surface area contributed by atoms with E-state index in [1.807, 2.05) is 38.1 Å². The molecule has 3 aromatic rings. The SMILES string of the molecule is CC(C)NC(=O)c1ccccc1NC(=O)c1sc2ccccc2c1Cl. The van der Waals surface area contributed by atoms with E-state index in [-0.39, 0.29) is 17.9 Å². The van der Waals surface area contributed by atoms with E-state index in [0.717, 1.165) is 10.1 Å². The summed E-state index contributed by atoms with van der Waals surface area (Å²) in [5.41, 5.74) is 0.876. The van der Waals surface area contributed by atoms with Gasteiger partial charge in [0, 0.05) is 16.1 Å². The van der Waals surface area contributed by atoms with E-state index in [4.69, 9.17) is 11.6 Å². The van der Waals surface area contributed by atoms with Crippen LogP contribution in [0.15, 0.2) is 48.5 Å². The molecule has 0 unspecified atom stereocenters. The van der Waals surface area contributed by atoms with Crippen LogP contribution in [0.3, 0.4) is 0 Å². The number of para-hydroxylation sites is 1. The predicted molar refractivity (Wildman–Crippen MR) is 104 cm³/mol. The second kappa shape index (κ2) is 7.25. The van der Waals surface area contributed by atoms with Gasteiger partial charge in [0.15, 0.2) is 0 Å². The topological polar surface area (TPSA) is 58.2 Å². The Morgan fingerprint density at radius 3 is 2.40 bits per heavy atom. The molecular formula is C19H17ClN2O2S.